The number of nitrogens with two attached hydrogens (primary N) is 3. The van der Waals surface area contributed by atoms with Crippen molar-refractivity contribution >= 4 is 65.3 Å². The molecule has 0 bridgehead atoms. The molecule has 0 aliphatic heterocycles. The first-order valence-electron chi connectivity index (χ1n) is 21.5. The van der Waals surface area contributed by atoms with Crippen LogP contribution in [0.2, 0.25) is 0 Å². The molecule has 1 rings (SSSR count). The average Bonchev–Trinajstić information content (AvgIpc) is 3.25. The maximum Gasteiger partial charge on any atom is 0.408 e. The lowest BCUT2D eigenvalue weighted by atomic mass is 9.98. The average molecular weight is 964 g/mol. The molecule has 0 aliphatic rings. The zero-order valence-electron chi connectivity index (χ0n) is 39.0. The van der Waals surface area contributed by atoms with Gasteiger partial charge in [-0.3, -0.25) is 38.4 Å². The van der Waals surface area contributed by atoms with Gasteiger partial charge in [-0.15, -0.1) is 0 Å². The standard InChI is InChI=1S/C41H65N13O14/c1-7-23(2)33(52-32(58)21-47-35(60)26(15-17-29(42)55)51-40(64)68-41(4,5)6)37(62)48-24(3)34(59)46-20-31(57)49-27(16-18-30(43)56)36(61)50-28(14-11-19-45-39(44)53-54(65)66)38(63)67-22-25-12-9-8-10-13-25/h8-10,12-13,23-24,26-28,33H,7,11,14-22H2,1-6H3,(H2,42,55)(H2,43,56)(H,46,59)(H,47,60)(H,48,62)(H,49,57)(H,50,61)(H,51,64)(H,52,58)(H3,44,45,53)/t23-,24-,26-,27-,28+,33-/m0/s1. The summed E-state index contributed by atoms with van der Waals surface area (Å²) in [5.41, 5.74) is 17.3. The van der Waals surface area contributed by atoms with Crippen LogP contribution < -0.4 is 59.8 Å². The third-order valence-electron chi connectivity index (χ3n) is 9.39. The summed E-state index contributed by atoms with van der Waals surface area (Å²) in [6.07, 6.45) is -1.77. The van der Waals surface area contributed by atoms with E-state index in [1.54, 1.807) is 70.4 Å². The van der Waals surface area contributed by atoms with Gasteiger partial charge in [0.05, 0.1) is 13.1 Å². The number of hydrazine groups is 1. The fourth-order valence-corrected chi connectivity index (χ4v) is 5.69. The Morgan fingerprint density at radius 2 is 1.28 bits per heavy atom. The van der Waals surface area contributed by atoms with Crippen LogP contribution in [0.5, 0.6) is 0 Å². The van der Waals surface area contributed by atoms with Crippen molar-refractivity contribution in [1.82, 2.24) is 42.6 Å². The Morgan fingerprint density at radius 3 is 1.82 bits per heavy atom. The van der Waals surface area contributed by atoms with Gasteiger partial charge in [-0.05, 0) is 64.9 Å². The van der Waals surface area contributed by atoms with Crippen molar-refractivity contribution in [2.24, 2.45) is 28.1 Å². The largest absolute Gasteiger partial charge is 0.459 e. The van der Waals surface area contributed by atoms with E-state index in [0.717, 1.165) is 0 Å². The molecule has 0 spiro atoms. The van der Waals surface area contributed by atoms with E-state index < -0.39 is 125 Å². The number of hydrogen-bond acceptors (Lipinski definition) is 15. The number of primary amides is 2. The lowest BCUT2D eigenvalue weighted by Crippen LogP contribution is -2.57. The molecule has 0 aliphatic carbocycles. The molecule has 68 heavy (non-hydrogen) atoms. The Balaban J connectivity index is 2.97. The molecule has 27 heteroatoms. The van der Waals surface area contributed by atoms with Crippen molar-refractivity contribution in [3.63, 3.8) is 0 Å². The minimum Gasteiger partial charge on any atom is -0.459 e. The number of esters is 1. The number of guanidine groups is 1. The van der Waals surface area contributed by atoms with Crippen molar-refractivity contribution in [3.8, 4) is 0 Å². The van der Waals surface area contributed by atoms with Crippen molar-refractivity contribution in [1.29, 1.82) is 0 Å². The molecule has 1 aromatic rings. The summed E-state index contributed by atoms with van der Waals surface area (Å²) in [6, 6.07) is 2.02. The number of alkyl carbamates (subject to hydrolysis) is 1. The number of ether oxygens (including phenoxy) is 2. The molecular weight excluding hydrogens is 899 g/mol. The molecule has 9 amide bonds. The lowest BCUT2D eigenvalue weighted by Gasteiger charge is -2.26. The number of amides is 9. The van der Waals surface area contributed by atoms with Gasteiger partial charge in [0.15, 0.2) is 5.03 Å². The number of nitrogens with zero attached hydrogens (tertiary/aromatic N) is 2. The van der Waals surface area contributed by atoms with Crippen LogP contribution >= 0.6 is 0 Å². The third kappa shape index (κ3) is 25.2. The highest BCUT2D eigenvalue weighted by molar-refractivity contribution is 5.96. The molecule has 0 saturated heterocycles. The molecular formula is C41H65N13O14. The van der Waals surface area contributed by atoms with E-state index in [1.165, 1.54) is 6.92 Å². The van der Waals surface area contributed by atoms with Crippen molar-refractivity contribution in [2.45, 2.75) is 129 Å². The van der Waals surface area contributed by atoms with Gasteiger partial charge in [-0.25, -0.2) is 24.7 Å². The topological polar surface area (TPSA) is 419 Å². The highest BCUT2D eigenvalue weighted by atomic mass is 16.7. The fraction of sp³-hybridized carbons (Fsp3) is 0.585. The first-order valence-corrected chi connectivity index (χ1v) is 21.5. The number of hydrogen-bond donors (Lipinski definition) is 11. The van der Waals surface area contributed by atoms with E-state index in [9.17, 15) is 58.1 Å². The molecule has 0 unspecified atom stereocenters. The highest BCUT2D eigenvalue weighted by Crippen LogP contribution is 2.11. The summed E-state index contributed by atoms with van der Waals surface area (Å²) in [6.45, 7) is 7.85. The SMILES string of the molecule is CC[C@H](C)[C@H](NC(=O)CNC(=O)[C@H](CCC(N)=O)NC(=O)OC(C)(C)C)C(=O)N[C@@H](C)C(=O)NCC(=O)N[C@@H](CCC(N)=O)C(=O)N[C@H](CCCN=C(N)N[N+](=O)[O-])C(=O)OCc1ccccc1. The summed E-state index contributed by atoms with van der Waals surface area (Å²) in [7, 11) is 0. The van der Waals surface area contributed by atoms with Crippen molar-refractivity contribution in [3.05, 3.63) is 46.0 Å². The van der Waals surface area contributed by atoms with E-state index in [4.69, 9.17) is 26.7 Å². The van der Waals surface area contributed by atoms with E-state index in [0.29, 0.717) is 12.0 Å². The third-order valence-corrected chi connectivity index (χ3v) is 9.39. The predicted molar refractivity (Wildman–Crippen MR) is 241 cm³/mol. The van der Waals surface area contributed by atoms with Crippen LogP contribution in [-0.2, 0) is 59.2 Å². The van der Waals surface area contributed by atoms with Gasteiger partial charge in [-0.1, -0.05) is 56.0 Å². The number of nitrogens with one attached hydrogen (secondary N) is 8. The number of carbonyl (C=O) groups is 10. The van der Waals surface area contributed by atoms with Crippen LogP contribution in [0.3, 0.4) is 0 Å². The second-order valence-electron chi connectivity index (χ2n) is 16.4. The number of aliphatic imine (C=N–C) groups is 1. The molecule has 27 nitrogen and oxygen atoms in total. The zero-order valence-corrected chi connectivity index (χ0v) is 39.0. The van der Waals surface area contributed by atoms with Crippen LogP contribution in [0.1, 0.15) is 92.1 Å². The zero-order chi connectivity index (χ0) is 51.6. The number of benzene rings is 1. The molecule has 0 radical (unpaired) electrons. The van der Waals surface area contributed by atoms with Gasteiger partial charge in [0.25, 0.3) is 5.96 Å². The molecule has 0 aromatic heterocycles. The molecule has 6 atom stereocenters. The Kier molecular flexibility index (Phi) is 25.6. The summed E-state index contributed by atoms with van der Waals surface area (Å²) in [5.74, 6) is -8.57. The van der Waals surface area contributed by atoms with Gasteiger partial charge in [-0.2, -0.15) is 0 Å². The lowest BCUT2D eigenvalue weighted by molar-refractivity contribution is -0.525. The van der Waals surface area contributed by atoms with Gasteiger partial charge < -0.3 is 63.9 Å². The Morgan fingerprint density at radius 1 is 0.721 bits per heavy atom. The molecule has 378 valence electrons. The van der Waals surface area contributed by atoms with E-state index >= 15 is 0 Å². The van der Waals surface area contributed by atoms with Crippen LogP contribution in [0.25, 0.3) is 0 Å². The summed E-state index contributed by atoms with van der Waals surface area (Å²) in [4.78, 5) is 142. The quantitative estimate of drug-likeness (QED) is 0.00970. The van der Waals surface area contributed by atoms with Crippen LogP contribution in [0.15, 0.2) is 35.3 Å². The van der Waals surface area contributed by atoms with Crippen molar-refractivity contribution in [2.75, 3.05) is 19.6 Å². The first kappa shape index (κ1) is 58.4. The molecule has 0 saturated carbocycles. The second-order valence-corrected chi connectivity index (χ2v) is 16.4. The van der Waals surface area contributed by atoms with E-state index in [1.807, 2.05) is 0 Å². The normalized spacial score (nSPS) is 13.8. The van der Waals surface area contributed by atoms with E-state index in [2.05, 4.69) is 42.2 Å². The smallest absolute Gasteiger partial charge is 0.408 e. The maximum atomic E-state index is 13.5. The first-order chi connectivity index (χ1) is 31.8. The monoisotopic (exact) mass is 963 g/mol. The molecule has 1 aromatic carbocycles. The Hall–Kier alpha value is -7.61. The van der Waals surface area contributed by atoms with Gasteiger partial charge in [0.2, 0.25) is 47.3 Å². The van der Waals surface area contributed by atoms with Crippen LogP contribution in [-0.4, -0.2) is 126 Å². The van der Waals surface area contributed by atoms with E-state index in [-0.39, 0.29) is 51.7 Å². The molecule has 0 heterocycles. The Bertz CT molecular complexity index is 1960. The summed E-state index contributed by atoms with van der Waals surface area (Å²) < 4.78 is 10.6. The molecule has 0 fully saturated rings. The minimum absolute atomic E-state index is 0.0745. The number of nitro groups is 1. The minimum atomic E-state index is -1.46. The summed E-state index contributed by atoms with van der Waals surface area (Å²) >= 11 is 0. The maximum absolute atomic E-state index is 13.5. The Labute approximate surface area is 392 Å². The van der Waals surface area contributed by atoms with Crippen molar-refractivity contribution < 1.29 is 62.5 Å². The molecule has 14 N–H and O–H groups in total. The van der Waals surface area contributed by atoms with Crippen LogP contribution in [0, 0.1) is 16.0 Å². The second kappa shape index (κ2) is 29.8. The number of rotatable bonds is 29. The van der Waals surface area contributed by atoms with Gasteiger partial charge in [0, 0.05) is 19.4 Å². The number of carbonyl (C=O) groups excluding carboxylic acids is 10. The fourth-order valence-electron chi connectivity index (χ4n) is 5.69. The summed E-state index contributed by atoms with van der Waals surface area (Å²) in [5, 5.41) is 26.5. The highest BCUT2D eigenvalue weighted by Gasteiger charge is 2.31. The predicted octanol–water partition coefficient (Wildman–Crippen LogP) is -2.73. The van der Waals surface area contributed by atoms with Gasteiger partial charge >= 0.3 is 12.1 Å². The van der Waals surface area contributed by atoms with Crippen LogP contribution in [0.4, 0.5) is 4.79 Å². The van der Waals surface area contributed by atoms with Gasteiger partial charge in [0.1, 0.15) is 42.4 Å².